The predicted molar refractivity (Wildman–Crippen MR) is 78.9 cm³/mol. The van der Waals surface area contributed by atoms with Gasteiger partial charge in [0.1, 0.15) is 11.9 Å². The molecule has 6 nitrogen and oxygen atoms in total. The molecule has 1 aromatic heterocycles. The number of halogens is 3. The highest BCUT2D eigenvalue weighted by Crippen LogP contribution is 2.35. The summed E-state index contributed by atoms with van der Waals surface area (Å²) in [6.07, 6.45) is -0.788. The average Bonchev–Trinajstić information content (AvgIpc) is 2.45. The van der Waals surface area contributed by atoms with Gasteiger partial charge in [-0.1, -0.05) is 23.2 Å². The van der Waals surface area contributed by atoms with Gasteiger partial charge >= 0.3 is 5.97 Å². The van der Waals surface area contributed by atoms with Gasteiger partial charge < -0.3 is 15.6 Å². The Hall–Kier alpha value is -2.12. The molecule has 1 heterocycles. The molecule has 0 aliphatic carbocycles. The van der Waals surface area contributed by atoms with Crippen molar-refractivity contribution in [2.75, 3.05) is 5.73 Å². The van der Waals surface area contributed by atoms with E-state index in [0.717, 1.165) is 12.1 Å². The maximum absolute atomic E-state index is 13.5. The van der Waals surface area contributed by atoms with E-state index in [0.29, 0.717) is 0 Å². The van der Waals surface area contributed by atoms with Gasteiger partial charge in [-0.05, 0) is 19.1 Å². The Morgan fingerprint density at radius 2 is 2.09 bits per heavy atom. The van der Waals surface area contributed by atoms with Crippen LogP contribution in [0.5, 0.6) is 5.75 Å². The summed E-state index contributed by atoms with van der Waals surface area (Å²) in [5.74, 6) is -2.06. The van der Waals surface area contributed by atoms with E-state index >= 15 is 0 Å². The number of nitrogen functional groups attached to an aromatic ring is 1. The Labute approximate surface area is 134 Å². The normalized spacial score (nSPS) is 12.0. The smallest absolute Gasteiger partial charge is 0.356 e. The lowest BCUT2D eigenvalue weighted by molar-refractivity contribution is 0.0688. The van der Waals surface area contributed by atoms with E-state index in [4.69, 9.17) is 38.8 Å². The Kier molecular flexibility index (Phi) is 4.68. The molecule has 0 aliphatic heterocycles. The number of rotatable bonds is 4. The number of hydrogen-bond acceptors (Lipinski definition) is 5. The minimum Gasteiger partial charge on any atom is -0.482 e. The Balaban J connectivity index is 2.37. The van der Waals surface area contributed by atoms with E-state index in [1.807, 2.05) is 0 Å². The minimum atomic E-state index is -1.29. The molecule has 2 aromatic rings. The number of carboxylic acid groups (broad SMARTS) is 1. The molecule has 22 heavy (non-hydrogen) atoms. The van der Waals surface area contributed by atoms with Crippen molar-refractivity contribution in [3.05, 3.63) is 45.3 Å². The molecule has 0 bridgehead atoms. The molecular formula is C13H10Cl2FN3O3. The summed E-state index contributed by atoms with van der Waals surface area (Å²) in [6, 6.07) is 3.59. The molecule has 0 aliphatic rings. The number of aromatic carboxylic acids is 1. The van der Waals surface area contributed by atoms with E-state index in [1.54, 1.807) is 6.92 Å². The van der Waals surface area contributed by atoms with E-state index in [-0.39, 0.29) is 32.9 Å². The molecule has 116 valence electrons. The summed E-state index contributed by atoms with van der Waals surface area (Å²) in [7, 11) is 0. The van der Waals surface area contributed by atoms with Crippen molar-refractivity contribution < 1.29 is 19.0 Å². The number of benzene rings is 1. The number of hydrogen-bond donors (Lipinski definition) is 2. The second-order valence-corrected chi connectivity index (χ2v) is 5.09. The van der Waals surface area contributed by atoms with Crippen LogP contribution in [0.2, 0.25) is 10.0 Å². The molecule has 1 atom stereocenters. The van der Waals surface area contributed by atoms with Gasteiger partial charge in [-0.25, -0.2) is 9.18 Å². The molecule has 0 unspecified atom stereocenters. The number of carbonyl (C=O) groups is 1. The average molecular weight is 346 g/mol. The molecule has 3 N–H and O–H groups in total. The lowest BCUT2D eigenvalue weighted by atomic mass is 10.1. The Morgan fingerprint density at radius 3 is 2.73 bits per heavy atom. The molecular weight excluding hydrogens is 336 g/mol. The van der Waals surface area contributed by atoms with Crippen LogP contribution in [0.3, 0.4) is 0 Å². The van der Waals surface area contributed by atoms with Crippen LogP contribution in [-0.2, 0) is 0 Å². The van der Waals surface area contributed by atoms with Crippen LogP contribution >= 0.6 is 23.2 Å². The molecule has 1 aromatic carbocycles. The van der Waals surface area contributed by atoms with Crippen molar-refractivity contribution in [2.45, 2.75) is 13.0 Å². The van der Waals surface area contributed by atoms with Crippen molar-refractivity contribution in [2.24, 2.45) is 0 Å². The fraction of sp³-hybridized carbons (Fsp3) is 0.154. The zero-order chi connectivity index (χ0) is 16.4. The molecule has 0 amide bonds. The molecule has 0 saturated carbocycles. The molecule has 0 fully saturated rings. The maximum atomic E-state index is 13.5. The van der Waals surface area contributed by atoms with Gasteiger partial charge in [-0.15, -0.1) is 10.2 Å². The van der Waals surface area contributed by atoms with Gasteiger partial charge in [0.25, 0.3) is 0 Å². The van der Waals surface area contributed by atoms with Crippen LogP contribution in [0.4, 0.5) is 10.2 Å². The van der Waals surface area contributed by atoms with Crippen LogP contribution in [-0.4, -0.2) is 21.3 Å². The number of nitrogens with zero attached hydrogens (tertiary/aromatic N) is 2. The summed E-state index contributed by atoms with van der Waals surface area (Å²) >= 11 is 11.9. The second kappa shape index (κ2) is 6.33. The summed E-state index contributed by atoms with van der Waals surface area (Å²) in [4.78, 5) is 10.9. The number of aromatic nitrogens is 2. The number of carboxylic acids is 1. The third kappa shape index (κ3) is 3.20. The third-order valence-electron chi connectivity index (χ3n) is 2.79. The summed E-state index contributed by atoms with van der Waals surface area (Å²) in [5.41, 5.74) is 5.47. The van der Waals surface area contributed by atoms with Gasteiger partial charge in [0, 0.05) is 16.7 Å². The van der Waals surface area contributed by atoms with Gasteiger partial charge in [-0.2, -0.15) is 0 Å². The number of nitrogens with two attached hydrogens (primary N) is 1. The monoisotopic (exact) mass is 345 g/mol. The van der Waals surface area contributed by atoms with Gasteiger partial charge in [0.15, 0.2) is 17.3 Å². The molecule has 0 saturated heterocycles. The van der Waals surface area contributed by atoms with Crippen molar-refractivity contribution in [3.8, 4) is 5.75 Å². The number of anilines is 1. The fourth-order valence-electron chi connectivity index (χ4n) is 1.75. The molecule has 0 spiro atoms. The summed E-state index contributed by atoms with van der Waals surface area (Å²) in [6.45, 7) is 1.56. The van der Waals surface area contributed by atoms with Gasteiger partial charge in [0.2, 0.25) is 0 Å². The van der Waals surface area contributed by atoms with E-state index in [2.05, 4.69) is 10.2 Å². The molecule has 2 rings (SSSR count). The van der Waals surface area contributed by atoms with Crippen LogP contribution < -0.4 is 10.5 Å². The van der Waals surface area contributed by atoms with E-state index in [9.17, 15) is 9.18 Å². The lowest BCUT2D eigenvalue weighted by Crippen LogP contribution is -2.11. The lowest BCUT2D eigenvalue weighted by Gasteiger charge is -2.18. The largest absolute Gasteiger partial charge is 0.482 e. The highest BCUT2D eigenvalue weighted by Gasteiger charge is 2.20. The Bertz CT molecular complexity index is 743. The first kappa shape index (κ1) is 16.3. The second-order valence-electron chi connectivity index (χ2n) is 4.30. The molecule has 9 heteroatoms. The van der Waals surface area contributed by atoms with Crippen molar-refractivity contribution in [1.29, 1.82) is 0 Å². The van der Waals surface area contributed by atoms with Crippen LogP contribution in [0.15, 0.2) is 18.2 Å². The van der Waals surface area contributed by atoms with Gasteiger partial charge in [0.05, 0.1) is 5.02 Å². The van der Waals surface area contributed by atoms with Crippen LogP contribution in [0.1, 0.15) is 29.1 Å². The van der Waals surface area contributed by atoms with E-state index in [1.165, 1.54) is 6.07 Å². The zero-order valence-corrected chi connectivity index (χ0v) is 12.7. The first-order valence-electron chi connectivity index (χ1n) is 5.97. The van der Waals surface area contributed by atoms with E-state index < -0.39 is 17.9 Å². The quantitative estimate of drug-likeness (QED) is 0.824. The highest BCUT2D eigenvalue weighted by molar-refractivity contribution is 6.36. The van der Waals surface area contributed by atoms with Crippen molar-refractivity contribution >= 4 is 35.0 Å². The maximum Gasteiger partial charge on any atom is 0.356 e. The first-order chi connectivity index (χ1) is 10.3. The van der Waals surface area contributed by atoms with Crippen molar-refractivity contribution in [3.63, 3.8) is 0 Å². The van der Waals surface area contributed by atoms with Gasteiger partial charge in [-0.3, -0.25) is 0 Å². The predicted octanol–water partition coefficient (Wildman–Crippen LogP) is 3.34. The molecule has 0 radical (unpaired) electrons. The topological polar surface area (TPSA) is 98.3 Å². The standard InChI is InChI=1S/C13H10Cl2FN3O3/c1-5(10-6(14)2-3-7(16)11(10)15)22-9-4-8(13(20)21)18-19-12(9)17/h2-5H,1H3,(H2,17,19)(H,20,21)/t5-/m1/s1. The SMILES string of the molecule is C[C@@H](Oc1cc(C(=O)O)nnc1N)c1c(Cl)ccc(F)c1Cl. The fourth-order valence-corrected chi connectivity index (χ4v) is 2.43. The van der Waals surface area contributed by atoms with Crippen LogP contribution in [0, 0.1) is 5.82 Å². The Morgan fingerprint density at radius 1 is 1.41 bits per heavy atom. The third-order valence-corrected chi connectivity index (χ3v) is 3.51. The summed E-state index contributed by atoms with van der Waals surface area (Å²) < 4.78 is 19.0. The minimum absolute atomic E-state index is 0.0173. The first-order valence-corrected chi connectivity index (χ1v) is 6.73. The summed E-state index contributed by atoms with van der Waals surface area (Å²) in [5, 5.41) is 15.8. The number of ether oxygens (including phenoxy) is 1. The zero-order valence-electron chi connectivity index (χ0n) is 11.2. The highest BCUT2D eigenvalue weighted by atomic mass is 35.5. The van der Waals surface area contributed by atoms with Crippen molar-refractivity contribution in [1.82, 2.24) is 10.2 Å². The van der Waals surface area contributed by atoms with Crippen LogP contribution in [0.25, 0.3) is 0 Å².